The van der Waals surface area contributed by atoms with Gasteiger partial charge in [0, 0.05) is 6.92 Å². The maximum absolute atomic E-state index is 10.8. The van der Waals surface area contributed by atoms with E-state index >= 15 is 0 Å². The molecule has 0 aliphatic carbocycles. The van der Waals surface area contributed by atoms with Gasteiger partial charge in [0.05, 0.1) is 21.9 Å². The normalized spacial score (nSPS) is 54.2. The van der Waals surface area contributed by atoms with Crippen molar-refractivity contribution in [2.75, 3.05) is 13.2 Å². The summed E-state index contributed by atoms with van der Waals surface area (Å²) in [6.07, 6.45) is -2.43. The Hall–Kier alpha value is -0.610. The first-order valence-corrected chi connectivity index (χ1v) is 3.94. The fraction of sp³-hybridized carbons (Fsp3) is 0.875. The molecule has 0 aromatic heterocycles. The first-order valence-electron chi connectivity index (χ1n) is 4.94. The summed E-state index contributed by atoms with van der Waals surface area (Å²) in [5.41, 5.74) is 0. The standard InChI is InChI=1S/C8H12O4/c1-5(9)12-7-4-11-8-6(7)2-3-10-8/h6-8H,2-4H2,1H3/t6-,7-,8+/m0/s1/i7D,8D. The van der Waals surface area contributed by atoms with Crippen LogP contribution in [0.25, 0.3) is 0 Å². The number of rotatable bonds is 1. The molecule has 0 saturated carbocycles. The molecule has 2 rings (SSSR count). The fourth-order valence-electron chi connectivity index (χ4n) is 1.46. The molecule has 2 saturated heterocycles. The van der Waals surface area contributed by atoms with Crippen LogP contribution in [0.3, 0.4) is 0 Å². The van der Waals surface area contributed by atoms with Crippen molar-refractivity contribution in [1.29, 1.82) is 0 Å². The van der Waals surface area contributed by atoms with Crippen LogP contribution < -0.4 is 0 Å². The molecule has 2 heterocycles. The Bertz CT molecular complexity index is 272. The Morgan fingerprint density at radius 3 is 3.25 bits per heavy atom. The van der Waals surface area contributed by atoms with Gasteiger partial charge < -0.3 is 14.2 Å². The monoisotopic (exact) mass is 174 g/mol. The van der Waals surface area contributed by atoms with E-state index < -0.39 is 24.2 Å². The van der Waals surface area contributed by atoms with Crippen LogP contribution in [-0.2, 0) is 19.0 Å². The van der Waals surface area contributed by atoms with E-state index in [9.17, 15) is 4.79 Å². The zero-order valence-corrected chi connectivity index (χ0v) is 6.83. The van der Waals surface area contributed by atoms with Crippen LogP contribution in [-0.4, -0.2) is 31.5 Å². The van der Waals surface area contributed by atoms with Crippen molar-refractivity contribution >= 4 is 5.97 Å². The van der Waals surface area contributed by atoms with Gasteiger partial charge in [-0.05, 0) is 6.42 Å². The number of fused-ring (bicyclic) bond motifs is 1. The highest BCUT2D eigenvalue weighted by molar-refractivity contribution is 5.66. The van der Waals surface area contributed by atoms with Gasteiger partial charge in [0.2, 0.25) is 0 Å². The SMILES string of the molecule is [2H][C@]12OCC[C@H]1[C@@]([2H])(OC(C)=O)CO2. The van der Waals surface area contributed by atoms with Crippen LogP contribution >= 0.6 is 0 Å². The van der Waals surface area contributed by atoms with Crippen LogP contribution in [0.2, 0.25) is 0 Å². The summed E-state index contributed by atoms with van der Waals surface area (Å²) in [5, 5.41) is 0. The minimum absolute atomic E-state index is 0.0965. The largest absolute Gasteiger partial charge is 0.460 e. The minimum atomic E-state index is -1.49. The lowest BCUT2D eigenvalue weighted by Gasteiger charge is -2.13. The topological polar surface area (TPSA) is 44.8 Å². The molecule has 0 radical (unpaired) electrons. The quantitative estimate of drug-likeness (QED) is 0.537. The predicted octanol–water partition coefficient (Wildman–Crippen LogP) is 0.311. The molecule has 0 amide bonds. The molecule has 68 valence electrons. The molecule has 0 unspecified atom stereocenters. The number of esters is 1. The van der Waals surface area contributed by atoms with Crippen LogP contribution in [0.5, 0.6) is 0 Å². The smallest absolute Gasteiger partial charge is 0.302 e. The van der Waals surface area contributed by atoms with Gasteiger partial charge >= 0.3 is 5.97 Å². The van der Waals surface area contributed by atoms with Crippen LogP contribution in [0, 0.1) is 5.92 Å². The molecule has 0 N–H and O–H groups in total. The van der Waals surface area contributed by atoms with Gasteiger partial charge in [0.1, 0.15) is 6.08 Å². The second-order valence-corrected chi connectivity index (χ2v) is 2.86. The summed E-state index contributed by atoms with van der Waals surface area (Å²) < 4.78 is 30.7. The molecule has 0 bridgehead atoms. The van der Waals surface area contributed by atoms with Gasteiger partial charge in [0.15, 0.2) is 6.27 Å². The molecule has 4 heteroatoms. The number of ether oxygens (including phenoxy) is 3. The van der Waals surface area contributed by atoms with Gasteiger partial charge in [-0.1, -0.05) is 0 Å². The molecule has 2 fully saturated rings. The molecule has 4 nitrogen and oxygen atoms in total. The lowest BCUT2D eigenvalue weighted by molar-refractivity contribution is -0.147. The first kappa shape index (κ1) is 5.94. The summed E-state index contributed by atoms with van der Waals surface area (Å²) in [6, 6.07) is 0. The molecule has 2 aliphatic rings. The average molecular weight is 174 g/mol. The van der Waals surface area contributed by atoms with Crippen LogP contribution in [0.4, 0.5) is 0 Å². The van der Waals surface area contributed by atoms with Crippen molar-refractivity contribution in [2.24, 2.45) is 5.92 Å². The van der Waals surface area contributed by atoms with Crippen molar-refractivity contribution in [3.8, 4) is 0 Å². The van der Waals surface area contributed by atoms with Gasteiger partial charge in [-0.3, -0.25) is 4.79 Å². The molecule has 0 spiro atoms. The molecular formula is C8H12O4. The van der Waals surface area contributed by atoms with E-state index in [-0.39, 0.29) is 6.61 Å². The lowest BCUT2D eigenvalue weighted by Crippen LogP contribution is -2.25. The highest BCUT2D eigenvalue weighted by Gasteiger charge is 2.43. The molecule has 0 aromatic carbocycles. The number of carbonyl (C=O) groups is 1. The first-order chi connectivity index (χ1) is 6.46. The summed E-state index contributed by atoms with van der Waals surface area (Å²) in [5.74, 6) is -1.04. The molecule has 3 atom stereocenters. The van der Waals surface area contributed by atoms with Crippen LogP contribution in [0.15, 0.2) is 0 Å². The Labute approximate surface area is 73.6 Å². The zero-order chi connectivity index (χ0) is 10.4. The van der Waals surface area contributed by atoms with E-state index in [1.807, 2.05) is 0 Å². The molecule has 2 aliphatic heterocycles. The predicted molar refractivity (Wildman–Crippen MR) is 39.4 cm³/mol. The number of hydrogen-bond acceptors (Lipinski definition) is 4. The lowest BCUT2D eigenvalue weighted by atomic mass is 10.0. The van der Waals surface area contributed by atoms with Crippen molar-refractivity contribution in [3.05, 3.63) is 0 Å². The summed E-state index contributed by atoms with van der Waals surface area (Å²) in [6.45, 7) is 1.52. The van der Waals surface area contributed by atoms with Gasteiger partial charge in [-0.2, -0.15) is 0 Å². The second kappa shape index (κ2) is 3.03. The molecule has 12 heavy (non-hydrogen) atoms. The summed E-state index contributed by atoms with van der Waals surface area (Å²) in [7, 11) is 0. The maximum atomic E-state index is 10.8. The number of hydrogen-bond donors (Lipinski definition) is 0. The van der Waals surface area contributed by atoms with Crippen molar-refractivity contribution in [3.63, 3.8) is 0 Å². The van der Waals surface area contributed by atoms with Gasteiger partial charge in [0.25, 0.3) is 0 Å². The Morgan fingerprint density at radius 2 is 2.50 bits per heavy atom. The van der Waals surface area contributed by atoms with E-state index in [4.69, 9.17) is 17.0 Å². The van der Waals surface area contributed by atoms with Crippen molar-refractivity contribution in [2.45, 2.75) is 25.7 Å². The molecular weight excluding hydrogens is 160 g/mol. The third-order valence-corrected chi connectivity index (χ3v) is 1.96. The fourth-order valence-corrected chi connectivity index (χ4v) is 1.46. The summed E-state index contributed by atoms with van der Waals surface area (Å²) >= 11 is 0. The Kier molecular flexibility index (Phi) is 1.50. The number of carbonyl (C=O) groups excluding carboxylic acids is 1. The molecule has 0 aromatic rings. The van der Waals surface area contributed by atoms with Gasteiger partial charge in [-0.25, -0.2) is 0 Å². The third-order valence-electron chi connectivity index (χ3n) is 1.96. The van der Waals surface area contributed by atoms with E-state index in [1.54, 1.807) is 0 Å². The van der Waals surface area contributed by atoms with E-state index in [0.717, 1.165) is 0 Å². The van der Waals surface area contributed by atoms with Gasteiger partial charge in [-0.15, -0.1) is 0 Å². The minimum Gasteiger partial charge on any atom is -0.460 e. The van der Waals surface area contributed by atoms with Crippen molar-refractivity contribution in [1.82, 2.24) is 0 Å². The Morgan fingerprint density at radius 1 is 1.67 bits per heavy atom. The zero-order valence-electron chi connectivity index (χ0n) is 8.83. The second-order valence-electron chi connectivity index (χ2n) is 2.86. The van der Waals surface area contributed by atoms with Crippen LogP contribution in [0.1, 0.15) is 16.1 Å². The Balaban J connectivity index is 2.18. The average Bonchev–Trinajstić information content (AvgIpc) is 2.52. The van der Waals surface area contributed by atoms with Crippen molar-refractivity contribution < 1.29 is 21.7 Å². The van der Waals surface area contributed by atoms with E-state index in [2.05, 4.69) is 0 Å². The highest BCUT2D eigenvalue weighted by atomic mass is 16.7. The van der Waals surface area contributed by atoms with E-state index in [0.29, 0.717) is 13.0 Å². The third kappa shape index (κ3) is 1.32. The highest BCUT2D eigenvalue weighted by Crippen LogP contribution is 2.32. The van der Waals surface area contributed by atoms with E-state index in [1.165, 1.54) is 6.92 Å². The maximum Gasteiger partial charge on any atom is 0.302 e. The summed E-state index contributed by atoms with van der Waals surface area (Å²) in [4.78, 5) is 10.8.